The molecule has 0 heterocycles. The Hall–Kier alpha value is -0.360. The van der Waals surface area contributed by atoms with Gasteiger partial charge in [-0.25, -0.2) is 4.67 Å². The summed E-state index contributed by atoms with van der Waals surface area (Å²) >= 11 is 0. The minimum atomic E-state index is -3.23. The zero-order valence-corrected chi connectivity index (χ0v) is 11.7. The average molecular weight is 246 g/mol. The molecule has 0 aromatic heterocycles. The van der Waals surface area contributed by atoms with Crippen LogP contribution in [0, 0.1) is 17.0 Å². The highest BCUT2D eigenvalue weighted by atomic mass is 31.2. The van der Waals surface area contributed by atoms with Crippen LogP contribution in [0.2, 0.25) is 0 Å². The van der Waals surface area contributed by atoms with E-state index in [0.717, 1.165) is 25.7 Å². The number of hydrogen-bond acceptors (Lipinski definition) is 3. The normalized spacial score (nSPS) is 16.8. The maximum Gasteiger partial charge on any atom is 0.370 e. The first-order chi connectivity index (χ1) is 7.50. The average Bonchev–Trinajstić information content (AvgIpc) is 2.28. The molecule has 94 valence electrons. The monoisotopic (exact) mass is 246 g/mol. The largest absolute Gasteiger partial charge is 0.370 e. The van der Waals surface area contributed by atoms with E-state index in [1.165, 1.54) is 4.67 Å². The van der Waals surface area contributed by atoms with Crippen molar-refractivity contribution in [3.8, 4) is 5.81 Å². The molecule has 0 aromatic rings. The van der Waals surface area contributed by atoms with E-state index in [1.807, 2.05) is 0 Å². The van der Waals surface area contributed by atoms with Gasteiger partial charge in [0.1, 0.15) is 0 Å². The van der Waals surface area contributed by atoms with Crippen LogP contribution in [0.15, 0.2) is 0 Å². The first-order valence-electron chi connectivity index (χ1n) is 5.83. The van der Waals surface area contributed by atoms with Crippen molar-refractivity contribution in [3.05, 3.63) is 0 Å². The van der Waals surface area contributed by atoms with Crippen molar-refractivity contribution in [2.75, 3.05) is 20.7 Å². The first-order valence-corrected chi connectivity index (χ1v) is 7.41. The summed E-state index contributed by atoms with van der Waals surface area (Å²) in [7, 11) is -0.0162. The quantitative estimate of drug-likeness (QED) is 0.615. The van der Waals surface area contributed by atoms with Crippen LogP contribution in [0.4, 0.5) is 0 Å². The Bertz CT molecular complexity index is 274. The SMILES string of the molecule is CCCCC(CC)COP(=O)(C#N)N(C)C. The van der Waals surface area contributed by atoms with Crippen LogP contribution in [0.25, 0.3) is 0 Å². The number of nitriles is 1. The van der Waals surface area contributed by atoms with Gasteiger partial charge >= 0.3 is 7.52 Å². The molecule has 4 nitrogen and oxygen atoms in total. The Kier molecular flexibility index (Phi) is 7.66. The van der Waals surface area contributed by atoms with E-state index in [-0.39, 0.29) is 0 Å². The van der Waals surface area contributed by atoms with E-state index in [9.17, 15) is 4.57 Å². The first kappa shape index (κ1) is 15.6. The summed E-state index contributed by atoms with van der Waals surface area (Å²) in [5, 5.41) is 8.84. The fourth-order valence-corrected chi connectivity index (χ4v) is 2.22. The van der Waals surface area contributed by atoms with Gasteiger partial charge in [-0.1, -0.05) is 33.1 Å². The highest BCUT2D eigenvalue weighted by molar-refractivity contribution is 7.61. The molecule has 2 unspecified atom stereocenters. The molecule has 0 aromatic carbocycles. The zero-order valence-electron chi connectivity index (χ0n) is 10.8. The molecule has 0 aliphatic rings. The third-order valence-corrected chi connectivity index (χ3v) is 4.49. The summed E-state index contributed by atoms with van der Waals surface area (Å²) in [6, 6.07) is 0. The second-order valence-corrected chi connectivity index (χ2v) is 6.48. The molecule has 0 spiro atoms. The summed E-state index contributed by atoms with van der Waals surface area (Å²) in [6.07, 6.45) is 4.38. The van der Waals surface area contributed by atoms with Gasteiger partial charge in [-0.15, -0.1) is 0 Å². The summed E-state index contributed by atoms with van der Waals surface area (Å²) in [4.78, 5) is 0. The van der Waals surface area contributed by atoms with Gasteiger partial charge in [-0.3, -0.25) is 4.57 Å². The van der Waals surface area contributed by atoms with Crippen molar-refractivity contribution in [2.24, 2.45) is 5.92 Å². The molecular formula is C11H23N2O2P. The van der Waals surface area contributed by atoms with Gasteiger partial charge < -0.3 is 4.52 Å². The van der Waals surface area contributed by atoms with Crippen molar-refractivity contribution in [3.63, 3.8) is 0 Å². The predicted molar refractivity (Wildman–Crippen MR) is 66.2 cm³/mol. The highest BCUT2D eigenvalue weighted by Crippen LogP contribution is 2.47. The minimum absolute atomic E-state index is 0.404. The van der Waals surface area contributed by atoms with E-state index in [0.29, 0.717) is 12.5 Å². The number of hydrogen-bond donors (Lipinski definition) is 0. The lowest BCUT2D eigenvalue weighted by atomic mass is 10.0. The molecule has 0 fully saturated rings. The van der Waals surface area contributed by atoms with Crippen molar-refractivity contribution >= 4 is 7.52 Å². The van der Waals surface area contributed by atoms with Crippen LogP contribution in [0.5, 0.6) is 0 Å². The summed E-state index contributed by atoms with van der Waals surface area (Å²) in [5.41, 5.74) is 0. The highest BCUT2D eigenvalue weighted by Gasteiger charge is 2.26. The molecular weight excluding hydrogens is 223 g/mol. The van der Waals surface area contributed by atoms with Crippen molar-refractivity contribution in [1.82, 2.24) is 4.67 Å². The van der Waals surface area contributed by atoms with E-state index in [1.54, 1.807) is 19.9 Å². The molecule has 0 aliphatic carbocycles. The lowest BCUT2D eigenvalue weighted by Gasteiger charge is -2.21. The van der Waals surface area contributed by atoms with Crippen LogP contribution >= 0.6 is 7.52 Å². The molecule has 0 rings (SSSR count). The second kappa shape index (κ2) is 7.84. The maximum absolute atomic E-state index is 11.9. The van der Waals surface area contributed by atoms with Crippen LogP contribution < -0.4 is 0 Å². The molecule has 0 saturated heterocycles. The van der Waals surface area contributed by atoms with Gasteiger partial charge in [0.15, 0.2) is 5.81 Å². The van der Waals surface area contributed by atoms with Crippen LogP contribution in [-0.2, 0) is 9.09 Å². The third-order valence-electron chi connectivity index (χ3n) is 2.68. The zero-order chi connectivity index (χ0) is 12.6. The number of unbranched alkanes of at least 4 members (excludes halogenated alkanes) is 1. The van der Waals surface area contributed by atoms with Gasteiger partial charge in [0, 0.05) is 0 Å². The Balaban J connectivity index is 4.19. The molecule has 5 heteroatoms. The smallest absolute Gasteiger partial charge is 0.307 e. The van der Waals surface area contributed by atoms with Crippen LogP contribution in [0.3, 0.4) is 0 Å². The van der Waals surface area contributed by atoms with Gasteiger partial charge in [0.25, 0.3) is 0 Å². The maximum atomic E-state index is 11.9. The van der Waals surface area contributed by atoms with E-state index in [2.05, 4.69) is 13.8 Å². The molecule has 0 bridgehead atoms. The fraction of sp³-hybridized carbons (Fsp3) is 0.909. The van der Waals surface area contributed by atoms with Crippen LogP contribution in [0.1, 0.15) is 39.5 Å². The Morgan fingerprint density at radius 1 is 1.44 bits per heavy atom. The minimum Gasteiger partial charge on any atom is -0.307 e. The number of rotatable bonds is 8. The summed E-state index contributed by atoms with van der Waals surface area (Å²) in [6.45, 7) is 4.66. The molecule has 2 atom stereocenters. The van der Waals surface area contributed by atoms with Crippen LogP contribution in [-0.4, -0.2) is 25.4 Å². The van der Waals surface area contributed by atoms with E-state index < -0.39 is 7.52 Å². The Morgan fingerprint density at radius 3 is 2.44 bits per heavy atom. The van der Waals surface area contributed by atoms with Gasteiger partial charge in [-0.2, -0.15) is 5.26 Å². The molecule has 16 heavy (non-hydrogen) atoms. The molecule has 0 radical (unpaired) electrons. The molecule has 0 saturated carbocycles. The molecule has 0 aliphatic heterocycles. The fourth-order valence-electron chi connectivity index (χ4n) is 1.34. The van der Waals surface area contributed by atoms with E-state index in [4.69, 9.17) is 9.79 Å². The molecule has 0 amide bonds. The van der Waals surface area contributed by atoms with Gasteiger partial charge in [0.2, 0.25) is 0 Å². The third kappa shape index (κ3) is 5.12. The summed E-state index contributed by atoms with van der Waals surface area (Å²) in [5.74, 6) is 2.18. The van der Waals surface area contributed by atoms with Crippen molar-refractivity contribution < 1.29 is 9.09 Å². The Morgan fingerprint density at radius 2 is 2.06 bits per heavy atom. The van der Waals surface area contributed by atoms with Gasteiger partial charge in [-0.05, 0) is 26.4 Å². The lowest BCUT2D eigenvalue weighted by Crippen LogP contribution is -2.14. The van der Waals surface area contributed by atoms with Gasteiger partial charge in [0.05, 0.1) is 6.61 Å². The summed E-state index contributed by atoms with van der Waals surface area (Å²) < 4.78 is 18.6. The lowest BCUT2D eigenvalue weighted by molar-refractivity contribution is 0.222. The predicted octanol–water partition coefficient (Wildman–Crippen LogP) is 3.46. The second-order valence-electron chi connectivity index (χ2n) is 4.18. The van der Waals surface area contributed by atoms with Crippen molar-refractivity contribution in [1.29, 1.82) is 5.26 Å². The Labute approximate surface area is 99.1 Å². The van der Waals surface area contributed by atoms with E-state index >= 15 is 0 Å². The standard InChI is InChI=1S/C11H23N2O2P/c1-5-7-8-11(6-2)9-15-16(14,10-12)13(3)4/h11H,5-9H2,1-4H3. The topological polar surface area (TPSA) is 53.3 Å². The number of nitrogens with zero attached hydrogens (tertiary/aromatic N) is 2. The van der Waals surface area contributed by atoms with Crippen molar-refractivity contribution in [2.45, 2.75) is 39.5 Å². The molecule has 0 N–H and O–H groups in total.